The molecule has 1 saturated heterocycles. The molecule has 1 aromatic heterocycles. The molecule has 8 heteroatoms. The van der Waals surface area contributed by atoms with Crippen LogP contribution in [-0.4, -0.2) is 43.8 Å². The van der Waals surface area contributed by atoms with Crippen LogP contribution in [0.4, 0.5) is 0 Å². The van der Waals surface area contributed by atoms with Crippen molar-refractivity contribution in [2.24, 2.45) is 5.92 Å². The quantitative estimate of drug-likeness (QED) is 0.798. The zero-order valence-corrected chi connectivity index (χ0v) is 16.9. The molecule has 2 heterocycles. The Balaban J connectivity index is 1.56. The van der Waals surface area contributed by atoms with Crippen molar-refractivity contribution < 1.29 is 17.9 Å². The van der Waals surface area contributed by atoms with Crippen LogP contribution in [0, 0.1) is 12.8 Å². The topological polar surface area (TPSA) is 88.6 Å². The van der Waals surface area contributed by atoms with E-state index in [1.807, 2.05) is 13.0 Å². The Kier molecular flexibility index (Phi) is 6.31. The number of ether oxygens (including phenoxy) is 1. The fraction of sp³-hybridized carbons (Fsp3) is 0.400. The summed E-state index contributed by atoms with van der Waals surface area (Å²) in [6, 6.07) is 10.5. The first-order chi connectivity index (χ1) is 13.4. The van der Waals surface area contributed by atoms with Gasteiger partial charge < -0.3 is 10.1 Å². The first kappa shape index (κ1) is 20.3. The highest BCUT2D eigenvalue weighted by atomic mass is 32.2. The number of carbonyl (C=O) groups excluding carboxylic acids is 1. The fourth-order valence-electron chi connectivity index (χ4n) is 3.29. The second-order valence-corrected chi connectivity index (χ2v) is 8.82. The van der Waals surface area contributed by atoms with Crippen LogP contribution in [0.25, 0.3) is 0 Å². The molecule has 0 radical (unpaired) electrons. The summed E-state index contributed by atoms with van der Waals surface area (Å²) >= 11 is 0. The lowest BCUT2D eigenvalue weighted by atomic mass is 9.97. The SMILES string of the molecule is COc1ncccc1CNC(=O)C1CCN(S(=O)(=O)c2ccc(C)cc2)CC1. The Bertz CT molecular complexity index is 921. The van der Waals surface area contributed by atoms with Crippen LogP contribution in [0.5, 0.6) is 5.88 Å². The molecule has 7 nitrogen and oxygen atoms in total. The summed E-state index contributed by atoms with van der Waals surface area (Å²) in [6.45, 7) is 2.92. The predicted molar refractivity (Wildman–Crippen MR) is 105 cm³/mol. The number of aromatic nitrogens is 1. The van der Waals surface area contributed by atoms with Gasteiger partial charge in [0.1, 0.15) is 0 Å². The van der Waals surface area contributed by atoms with Gasteiger partial charge in [-0.05, 0) is 38.0 Å². The molecule has 1 aromatic carbocycles. The number of methoxy groups -OCH3 is 1. The molecule has 1 fully saturated rings. The number of amides is 1. The van der Waals surface area contributed by atoms with Gasteiger partial charge in [-0.2, -0.15) is 4.31 Å². The van der Waals surface area contributed by atoms with Crippen molar-refractivity contribution in [1.82, 2.24) is 14.6 Å². The molecule has 0 aliphatic carbocycles. The zero-order valence-electron chi connectivity index (χ0n) is 16.1. The predicted octanol–water partition coefficient (Wildman–Crippen LogP) is 2.12. The van der Waals surface area contributed by atoms with E-state index in [0.717, 1.165) is 11.1 Å². The first-order valence-electron chi connectivity index (χ1n) is 9.24. The van der Waals surface area contributed by atoms with Crippen molar-refractivity contribution in [3.05, 3.63) is 53.7 Å². The summed E-state index contributed by atoms with van der Waals surface area (Å²) in [5.41, 5.74) is 1.82. The number of piperidine rings is 1. The number of nitrogens with zero attached hydrogens (tertiary/aromatic N) is 2. The average molecular weight is 404 g/mol. The van der Waals surface area contributed by atoms with Crippen LogP contribution in [-0.2, 0) is 21.4 Å². The van der Waals surface area contributed by atoms with Crippen LogP contribution in [0.1, 0.15) is 24.0 Å². The number of pyridine rings is 1. The van der Waals surface area contributed by atoms with Crippen LogP contribution in [0.3, 0.4) is 0 Å². The van der Waals surface area contributed by atoms with Crippen LogP contribution < -0.4 is 10.1 Å². The molecule has 150 valence electrons. The maximum atomic E-state index is 12.8. The number of aryl methyl sites for hydroxylation is 1. The normalized spacial score (nSPS) is 15.9. The van der Waals surface area contributed by atoms with Crippen LogP contribution in [0.15, 0.2) is 47.5 Å². The van der Waals surface area contributed by atoms with E-state index in [1.54, 1.807) is 36.5 Å². The molecule has 1 aliphatic rings. The highest BCUT2D eigenvalue weighted by Crippen LogP contribution is 2.24. The molecule has 0 spiro atoms. The molecule has 0 atom stereocenters. The minimum Gasteiger partial charge on any atom is -0.481 e. The van der Waals surface area contributed by atoms with Gasteiger partial charge in [-0.3, -0.25) is 4.79 Å². The molecule has 28 heavy (non-hydrogen) atoms. The summed E-state index contributed by atoms with van der Waals surface area (Å²) in [7, 11) is -1.98. The van der Waals surface area contributed by atoms with Crippen molar-refractivity contribution >= 4 is 15.9 Å². The van der Waals surface area contributed by atoms with E-state index < -0.39 is 10.0 Å². The summed E-state index contributed by atoms with van der Waals surface area (Å²) in [6.07, 6.45) is 2.64. The number of hydrogen-bond acceptors (Lipinski definition) is 5. The lowest BCUT2D eigenvalue weighted by Gasteiger charge is -2.30. The Hall–Kier alpha value is -2.45. The van der Waals surface area contributed by atoms with E-state index >= 15 is 0 Å². The third-order valence-corrected chi connectivity index (χ3v) is 6.89. The van der Waals surface area contributed by atoms with Crippen molar-refractivity contribution in [2.45, 2.75) is 31.2 Å². The fourth-order valence-corrected chi connectivity index (χ4v) is 4.76. The van der Waals surface area contributed by atoms with Gasteiger partial charge in [0.05, 0.1) is 12.0 Å². The second-order valence-electron chi connectivity index (χ2n) is 6.88. The number of nitrogens with one attached hydrogen (secondary N) is 1. The van der Waals surface area contributed by atoms with Crippen LogP contribution in [0.2, 0.25) is 0 Å². The van der Waals surface area contributed by atoms with E-state index in [9.17, 15) is 13.2 Å². The molecule has 3 rings (SSSR count). The van der Waals surface area contributed by atoms with Gasteiger partial charge in [0, 0.05) is 37.3 Å². The molecule has 1 N–H and O–H groups in total. The monoisotopic (exact) mass is 403 g/mol. The minimum absolute atomic E-state index is 0.0710. The number of rotatable bonds is 6. The van der Waals surface area contributed by atoms with E-state index in [2.05, 4.69) is 10.3 Å². The molecule has 0 bridgehead atoms. The number of hydrogen-bond donors (Lipinski definition) is 1. The molecule has 1 amide bonds. The zero-order chi connectivity index (χ0) is 20.1. The van der Waals surface area contributed by atoms with E-state index in [-0.39, 0.29) is 11.8 Å². The first-order valence-corrected chi connectivity index (χ1v) is 10.7. The van der Waals surface area contributed by atoms with E-state index in [4.69, 9.17) is 4.74 Å². The second kappa shape index (κ2) is 8.70. The third-order valence-electron chi connectivity index (χ3n) is 4.98. The molecule has 1 aliphatic heterocycles. The molecule has 2 aromatic rings. The maximum absolute atomic E-state index is 12.8. The van der Waals surface area contributed by atoms with E-state index in [0.29, 0.717) is 43.3 Å². The maximum Gasteiger partial charge on any atom is 0.243 e. The lowest BCUT2D eigenvalue weighted by Crippen LogP contribution is -2.42. The molecule has 0 saturated carbocycles. The summed E-state index contributed by atoms with van der Waals surface area (Å²) in [5, 5.41) is 2.91. The molecular weight excluding hydrogens is 378 g/mol. The standard InChI is InChI=1S/C20H25N3O4S/c1-15-5-7-18(8-6-15)28(25,26)23-12-9-16(10-13-23)19(24)22-14-17-4-3-11-21-20(17)27-2/h3-8,11,16H,9-10,12-14H2,1-2H3,(H,22,24). The van der Waals surface area contributed by atoms with Crippen molar-refractivity contribution in [2.75, 3.05) is 20.2 Å². The number of sulfonamides is 1. The number of carbonyl (C=O) groups is 1. The highest BCUT2D eigenvalue weighted by Gasteiger charge is 2.32. The van der Waals surface area contributed by atoms with Crippen molar-refractivity contribution in [1.29, 1.82) is 0 Å². The third kappa shape index (κ3) is 4.51. The summed E-state index contributed by atoms with van der Waals surface area (Å²) < 4.78 is 32.2. The highest BCUT2D eigenvalue weighted by molar-refractivity contribution is 7.89. The Labute approximate surface area is 165 Å². The smallest absolute Gasteiger partial charge is 0.243 e. The Morgan fingerprint density at radius 1 is 1.21 bits per heavy atom. The lowest BCUT2D eigenvalue weighted by molar-refractivity contribution is -0.126. The molecule has 0 unspecified atom stereocenters. The van der Waals surface area contributed by atoms with Gasteiger partial charge in [0.2, 0.25) is 21.8 Å². The van der Waals surface area contributed by atoms with Crippen LogP contribution >= 0.6 is 0 Å². The minimum atomic E-state index is -3.52. The van der Waals surface area contributed by atoms with E-state index in [1.165, 1.54) is 11.4 Å². The molecular formula is C20H25N3O4S. The van der Waals surface area contributed by atoms with Gasteiger partial charge in [0.25, 0.3) is 0 Å². The van der Waals surface area contributed by atoms with Gasteiger partial charge in [-0.25, -0.2) is 13.4 Å². The summed E-state index contributed by atoms with van der Waals surface area (Å²) in [5.74, 6) is 0.215. The summed E-state index contributed by atoms with van der Waals surface area (Å²) in [4.78, 5) is 16.9. The largest absolute Gasteiger partial charge is 0.481 e. The van der Waals surface area contributed by atoms with Gasteiger partial charge in [-0.15, -0.1) is 0 Å². The van der Waals surface area contributed by atoms with Gasteiger partial charge in [-0.1, -0.05) is 23.8 Å². The Morgan fingerprint density at radius 2 is 1.89 bits per heavy atom. The average Bonchev–Trinajstić information content (AvgIpc) is 2.72. The Morgan fingerprint density at radius 3 is 2.54 bits per heavy atom. The number of benzene rings is 1. The van der Waals surface area contributed by atoms with Crippen molar-refractivity contribution in [3.8, 4) is 5.88 Å². The van der Waals surface area contributed by atoms with Gasteiger partial charge >= 0.3 is 0 Å². The van der Waals surface area contributed by atoms with Gasteiger partial charge in [0.15, 0.2) is 0 Å². The van der Waals surface area contributed by atoms with Crippen molar-refractivity contribution in [3.63, 3.8) is 0 Å².